The normalized spacial score (nSPS) is 16.1. The van der Waals surface area contributed by atoms with E-state index in [1.165, 1.54) is 35.0 Å². The highest BCUT2D eigenvalue weighted by Crippen LogP contribution is 2.32. The molecule has 146 valence electrons. The minimum absolute atomic E-state index is 0.0299. The summed E-state index contributed by atoms with van der Waals surface area (Å²) in [5.41, 5.74) is 4.14. The van der Waals surface area contributed by atoms with Crippen LogP contribution in [0.15, 0.2) is 53.7 Å². The first kappa shape index (κ1) is 18.1. The minimum Gasteiger partial charge on any atom is -0.352 e. The average Bonchev–Trinajstić information content (AvgIpc) is 3.11. The molecule has 1 aliphatic rings. The first-order valence-corrected chi connectivity index (χ1v) is 10.6. The zero-order valence-electron chi connectivity index (χ0n) is 15.6. The van der Waals surface area contributed by atoms with Gasteiger partial charge in [0.25, 0.3) is 0 Å². The summed E-state index contributed by atoms with van der Waals surface area (Å²) in [6.07, 6.45) is 4.72. The van der Waals surface area contributed by atoms with Crippen LogP contribution in [-0.4, -0.2) is 26.8 Å². The highest BCUT2D eigenvalue weighted by molar-refractivity contribution is 8.00. The Morgan fingerprint density at radius 3 is 3.07 bits per heavy atom. The van der Waals surface area contributed by atoms with E-state index in [-0.39, 0.29) is 23.5 Å². The Labute approximate surface area is 171 Å². The van der Waals surface area contributed by atoms with Crippen LogP contribution in [0.5, 0.6) is 0 Å². The third kappa shape index (κ3) is 3.46. The molecule has 1 atom stereocenters. The van der Waals surface area contributed by atoms with Crippen molar-refractivity contribution < 1.29 is 9.18 Å². The first-order chi connectivity index (χ1) is 14.2. The maximum Gasteiger partial charge on any atom is 0.230 e. The maximum atomic E-state index is 13.6. The third-order valence-corrected chi connectivity index (χ3v) is 6.36. The van der Waals surface area contributed by atoms with Gasteiger partial charge in [-0.3, -0.25) is 4.79 Å². The van der Waals surface area contributed by atoms with E-state index in [1.54, 1.807) is 12.3 Å². The van der Waals surface area contributed by atoms with Crippen LogP contribution in [0.4, 0.5) is 4.39 Å². The molecule has 0 fully saturated rings. The molecule has 0 radical (unpaired) electrons. The van der Waals surface area contributed by atoms with Crippen LogP contribution >= 0.6 is 11.8 Å². The van der Waals surface area contributed by atoms with Crippen molar-refractivity contribution >= 4 is 39.5 Å². The van der Waals surface area contributed by atoms with Crippen molar-refractivity contribution in [2.24, 2.45) is 0 Å². The molecule has 4 aromatic rings. The van der Waals surface area contributed by atoms with Gasteiger partial charge in [-0.2, -0.15) is 5.10 Å². The summed E-state index contributed by atoms with van der Waals surface area (Å²) < 4.78 is 13.6. The van der Waals surface area contributed by atoms with Crippen LogP contribution in [0.1, 0.15) is 30.0 Å². The molecule has 29 heavy (non-hydrogen) atoms. The average molecular weight is 406 g/mol. The molecule has 1 amide bonds. The minimum atomic E-state index is -0.295. The standard InChI is InChI=1S/C22H19FN4OS/c23-14-8-9-19-16(10-14)17-11-24-27-22(21(17)26-19)29-12-20(28)25-18-7-3-5-13-4-1-2-6-15(13)18/h1-2,4,6,8-11,18,26H,3,5,7,12H2,(H,25,28). The van der Waals surface area contributed by atoms with E-state index in [0.717, 1.165) is 41.1 Å². The van der Waals surface area contributed by atoms with Crippen molar-refractivity contribution in [2.45, 2.75) is 30.3 Å². The van der Waals surface area contributed by atoms with Crippen LogP contribution in [-0.2, 0) is 11.2 Å². The Bertz CT molecular complexity index is 1220. The van der Waals surface area contributed by atoms with E-state index in [9.17, 15) is 9.18 Å². The number of amides is 1. The van der Waals surface area contributed by atoms with E-state index >= 15 is 0 Å². The predicted octanol–water partition coefficient (Wildman–Crippen LogP) is 4.54. The predicted molar refractivity (Wildman–Crippen MR) is 112 cm³/mol. The van der Waals surface area contributed by atoms with Crippen molar-refractivity contribution in [1.29, 1.82) is 0 Å². The van der Waals surface area contributed by atoms with Gasteiger partial charge in [-0.05, 0) is 48.6 Å². The maximum absolute atomic E-state index is 13.6. The summed E-state index contributed by atoms with van der Waals surface area (Å²) in [5.74, 6) is -0.0786. The Morgan fingerprint density at radius 1 is 1.24 bits per heavy atom. The zero-order valence-corrected chi connectivity index (χ0v) is 16.4. The van der Waals surface area contributed by atoms with Crippen molar-refractivity contribution in [3.8, 4) is 0 Å². The molecule has 5 nitrogen and oxygen atoms in total. The number of rotatable bonds is 4. The lowest BCUT2D eigenvalue weighted by Gasteiger charge is -2.26. The van der Waals surface area contributed by atoms with Gasteiger partial charge in [-0.15, -0.1) is 5.10 Å². The van der Waals surface area contributed by atoms with Crippen LogP contribution in [0.3, 0.4) is 0 Å². The molecule has 1 aliphatic carbocycles. The van der Waals surface area contributed by atoms with Gasteiger partial charge in [-0.1, -0.05) is 36.0 Å². The molecule has 0 spiro atoms. The molecule has 5 rings (SSSR count). The number of thioether (sulfide) groups is 1. The number of carbonyl (C=O) groups excluding carboxylic acids is 1. The molecule has 0 saturated carbocycles. The number of fused-ring (bicyclic) bond motifs is 4. The fourth-order valence-electron chi connectivity index (χ4n) is 4.05. The van der Waals surface area contributed by atoms with E-state index in [1.807, 2.05) is 12.1 Å². The highest BCUT2D eigenvalue weighted by atomic mass is 32.2. The van der Waals surface area contributed by atoms with Crippen LogP contribution in [0.25, 0.3) is 21.8 Å². The number of aromatic amines is 1. The lowest BCUT2D eigenvalue weighted by molar-refractivity contribution is -0.119. The van der Waals surface area contributed by atoms with Crippen LogP contribution < -0.4 is 5.32 Å². The SMILES string of the molecule is O=C(CSc1nncc2c1[nH]c1ccc(F)cc12)NC1CCCc2ccccc21. The lowest BCUT2D eigenvalue weighted by atomic mass is 9.88. The molecule has 2 aromatic carbocycles. The molecule has 2 heterocycles. The fraction of sp³-hybridized carbons (Fsp3) is 0.227. The van der Waals surface area contributed by atoms with Gasteiger partial charge in [0.2, 0.25) is 5.91 Å². The van der Waals surface area contributed by atoms with Crippen LogP contribution in [0.2, 0.25) is 0 Å². The van der Waals surface area contributed by atoms with Gasteiger partial charge in [0, 0.05) is 16.3 Å². The summed E-state index contributed by atoms with van der Waals surface area (Å²) in [6.45, 7) is 0. The number of aryl methyl sites for hydroxylation is 1. The molecule has 2 aromatic heterocycles. The smallest absolute Gasteiger partial charge is 0.230 e. The topological polar surface area (TPSA) is 70.7 Å². The van der Waals surface area contributed by atoms with Gasteiger partial charge in [0.05, 0.1) is 23.5 Å². The van der Waals surface area contributed by atoms with Crippen molar-refractivity contribution in [1.82, 2.24) is 20.5 Å². The van der Waals surface area contributed by atoms with Gasteiger partial charge >= 0.3 is 0 Å². The number of H-pyrrole nitrogens is 1. The van der Waals surface area contributed by atoms with Crippen molar-refractivity contribution in [2.75, 3.05) is 5.75 Å². The fourth-order valence-corrected chi connectivity index (χ4v) is 4.81. The van der Waals surface area contributed by atoms with Gasteiger partial charge in [-0.25, -0.2) is 4.39 Å². The van der Waals surface area contributed by atoms with Crippen molar-refractivity contribution in [3.05, 3.63) is 65.6 Å². The lowest BCUT2D eigenvalue weighted by Crippen LogP contribution is -2.32. The molecule has 0 saturated heterocycles. The second-order valence-electron chi connectivity index (χ2n) is 7.25. The molecular formula is C22H19FN4OS. The summed E-state index contributed by atoms with van der Waals surface area (Å²) >= 11 is 1.34. The number of aromatic nitrogens is 3. The molecule has 7 heteroatoms. The molecule has 0 aliphatic heterocycles. The number of carbonyl (C=O) groups is 1. The van der Waals surface area contributed by atoms with Gasteiger partial charge < -0.3 is 10.3 Å². The number of nitrogens with zero attached hydrogens (tertiary/aromatic N) is 2. The van der Waals surface area contributed by atoms with E-state index in [0.29, 0.717) is 5.03 Å². The van der Waals surface area contributed by atoms with Gasteiger partial charge in [0.1, 0.15) is 10.8 Å². The highest BCUT2D eigenvalue weighted by Gasteiger charge is 2.21. The quantitative estimate of drug-likeness (QED) is 0.488. The van der Waals surface area contributed by atoms with Gasteiger partial charge in [0.15, 0.2) is 0 Å². The monoisotopic (exact) mass is 406 g/mol. The summed E-state index contributed by atoms with van der Waals surface area (Å²) in [6, 6.07) is 13.0. The second-order valence-corrected chi connectivity index (χ2v) is 8.22. The number of benzene rings is 2. The van der Waals surface area contributed by atoms with E-state index in [4.69, 9.17) is 0 Å². The third-order valence-electron chi connectivity index (χ3n) is 5.39. The number of nitrogens with one attached hydrogen (secondary N) is 2. The first-order valence-electron chi connectivity index (χ1n) is 9.61. The summed E-state index contributed by atoms with van der Waals surface area (Å²) in [5, 5.41) is 13.6. The second kappa shape index (κ2) is 7.48. The van der Waals surface area contributed by atoms with Crippen molar-refractivity contribution in [3.63, 3.8) is 0 Å². The number of hydrogen-bond donors (Lipinski definition) is 2. The largest absolute Gasteiger partial charge is 0.352 e. The summed E-state index contributed by atoms with van der Waals surface area (Å²) in [7, 11) is 0. The van der Waals surface area contributed by atoms with Crippen LogP contribution in [0, 0.1) is 5.82 Å². The molecule has 2 N–H and O–H groups in total. The molecule has 0 bridgehead atoms. The Kier molecular flexibility index (Phi) is 4.67. The Morgan fingerprint density at radius 2 is 2.14 bits per heavy atom. The van der Waals surface area contributed by atoms with E-state index in [2.05, 4.69) is 32.6 Å². The number of hydrogen-bond acceptors (Lipinski definition) is 4. The zero-order chi connectivity index (χ0) is 19.8. The summed E-state index contributed by atoms with van der Waals surface area (Å²) in [4.78, 5) is 15.9. The molecular weight excluding hydrogens is 387 g/mol. The Hall–Kier alpha value is -2.93. The Balaban J connectivity index is 1.33. The number of halogens is 1. The molecule has 1 unspecified atom stereocenters. The van der Waals surface area contributed by atoms with E-state index < -0.39 is 0 Å².